The van der Waals surface area contributed by atoms with Crippen molar-refractivity contribution in [1.82, 2.24) is 0 Å². The van der Waals surface area contributed by atoms with Crippen LogP contribution < -0.4 is 5.32 Å². The molecular formula is C18H18ClNO4S. The number of carbonyl (C=O) groups excluding carboxylic acids is 3. The molecule has 1 N–H and O–H groups in total. The second kappa shape index (κ2) is 8.27. The first-order chi connectivity index (χ1) is 11.8. The zero-order chi connectivity index (χ0) is 18.6. The highest BCUT2D eigenvalue weighted by atomic mass is 35.5. The normalized spacial score (nSPS) is 10.4. The van der Waals surface area contributed by atoms with Gasteiger partial charge in [-0.2, -0.15) is 0 Å². The number of carbonyl (C=O) groups is 3. The molecule has 1 amide bonds. The molecule has 25 heavy (non-hydrogen) atoms. The van der Waals surface area contributed by atoms with Gasteiger partial charge in [-0.25, -0.2) is 4.79 Å². The summed E-state index contributed by atoms with van der Waals surface area (Å²) < 4.78 is 5.05. The lowest BCUT2D eigenvalue weighted by atomic mass is 10.1. The topological polar surface area (TPSA) is 72.5 Å². The van der Waals surface area contributed by atoms with Crippen molar-refractivity contribution in [3.63, 3.8) is 0 Å². The van der Waals surface area contributed by atoms with Crippen LogP contribution in [0.3, 0.4) is 0 Å². The number of esters is 1. The number of hydrogen-bond donors (Lipinski definition) is 1. The Labute approximate surface area is 154 Å². The van der Waals surface area contributed by atoms with E-state index in [2.05, 4.69) is 5.32 Å². The molecule has 0 atom stereocenters. The Hall–Kier alpha value is -2.18. The Bertz CT molecular complexity index is 811. The maximum absolute atomic E-state index is 12.3. The summed E-state index contributed by atoms with van der Waals surface area (Å²) in [5.74, 6) is -0.999. The fraction of sp³-hybridized carbons (Fsp3) is 0.278. The summed E-state index contributed by atoms with van der Waals surface area (Å²) in [6, 6.07) is 6.93. The summed E-state index contributed by atoms with van der Waals surface area (Å²) in [5.41, 5.74) is 1.55. The fourth-order valence-electron chi connectivity index (χ4n) is 2.34. The van der Waals surface area contributed by atoms with Gasteiger partial charge in [-0.3, -0.25) is 9.59 Å². The maximum atomic E-state index is 12.3. The number of hydrogen-bond acceptors (Lipinski definition) is 5. The van der Waals surface area contributed by atoms with Crippen LogP contribution in [-0.2, 0) is 16.0 Å². The van der Waals surface area contributed by atoms with Crippen molar-refractivity contribution < 1.29 is 19.1 Å². The molecule has 1 heterocycles. The lowest BCUT2D eigenvalue weighted by molar-refractivity contribution is -0.115. The van der Waals surface area contributed by atoms with Gasteiger partial charge in [-0.1, -0.05) is 23.7 Å². The highest BCUT2D eigenvalue weighted by Crippen LogP contribution is 2.34. The number of amides is 1. The van der Waals surface area contributed by atoms with Crippen LogP contribution >= 0.6 is 22.9 Å². The molecule has 0 spiro atoms. The fourth-order valence-corrected chi connectivity index (χ4v) is 3.58. The minimum Gasteiger partial charge on any atom is -0.462 e. The van der Waals surface area contributed by atoms with Crippen LogP contribution in [0.15, 0.2) is 24.3 Å². The Morgan fingerprint density at radius 2 is 1.84 bits per heavy atom. The van der Waals surface area contributed by atoms with Crippen LogP contribution in [0.4, 0.5) is 5.00 Å². The number of halogens is 1. The number of nitrogens with one attached hydrogen (secondary N) is 1. The molecular weight excluding hydrogens is 362 g/mol. The van der Waals surface area contributed by atoms with E-state index in [4.69, 9.17) is 16.3 Å². The number of ether oxygens (including phenoxy) is 1. The first-order valence-electron chi connectivity index (χ1n) is 7.69. The van der Waals surface area contributed by atoms with Gasteiger partial charge in [0, 0.05) is 5.02 Å². The molecule has 132 valence electrons. The third-order valence-electron chi connectivity index (χ3n) is 3.48. The Morgan fingerprint density at radius 3 is 2.40 bits per heavy atom. The van der Waals surface area contributed by atoms with Gasteiger partial charge in [0.15, 0.2) is 5.78 Å². The molecule has 1 aromatic heterocycles. The molecule has 0 radical (unpaired) electrons. The summed E-state index contributed by atoms with van der Waals surface area (Å²) in [6.07, 6.45) is 0.131. The van der Waals surface area contributed by atoms with E-state index < -0.39 is 5.97 Å². The second-order valence-corrected chi connectivity index (χ2v) is 6.85. The van der Waals surface area contributed by atoms with Gasteiger partial charge in [0.2, 0.25) is 5.91 Å². The number of ketones is 1. The third-order valence-corrected chi connectivity index (χ3v) is 5.04. The summed E-state index contributed by atoms with van der Waals surface area (Å²) in [6.45, 7) is 5.01. The molecule has 0 saturated heterocycles. The van der Waals surface area contributed by atoms with E-state index in [-0.39, 0.29) is 30.3 Å². The van der Waals surface area contributed by atoms with Crippen molar-refractivity contribution in [2.24, 2.45) is 0 Å². The Morgan fingerprint density at radius 1 is 1.20 bits per heavy atom. The van der Waals surface area contributed by atoms with E-state index >= 15 is 0 Å². The standard InChI is InChI=1S/C18H18ClNO4S/c1-4-24-18(23)15-10(2)16(11(3)21)25-17(15)20-14(22)9-12-5-7-13(19)8-6-12/h5-8H,4,9H2,1-3H3,(H,20,22). The average molecular weight is 380 g/mol. The number of rotatable bonds is 6. The highest BCUT2D eigenvalue weighted by Gasteiger charge is 2.25. The molecule has 7 heteroatoms. The molecule has 0 aliphatic heterocycles. The van der Waals surface area contributed by atoms with Crippen molar-refractivity contribution in [2.45, 2.75) is 27.2 Å². The molecule has 2 aromatic rings. The van der Waals surface area contributed by atoms with Crippen LogP contribution in [0, 0.1) is 6.92 Å². The van der Waals surface area contributed by atoms with E-state index in [9.17, 15) is 14.4 Å². The van der Waals surface area contributed by atoms with Crippen LogP contribution in [0.1, 0.15) is 45.0 Å². The van der Waals surface area contributed by atoms with Crippen molar-refractivity contribution in [2.75, 3.05) is 11.9 Å². The average Bonchev–Trinajstić information content (AvgIpc) is 2.86. The van der Waals surface area contributed by atoms with Gasteiger partial charge in [0.25, 0.3) is 0 Å². The monoisotopic (exact) mass is 379 g/mol. The minimum absolute atomic E-state index is 0.131. The third kappa shape index (κ3) is 4.67. The predicted molar refractivity (Wildman–Crippen MR) is 98.8 cm³/mol. The first-order valence-corrected chi connectivity index (χ1v) is 8.88. The van der Waals surface area contributed by atoms with E-state index in [0.29, 0.717) is 20.5 Å². The van der Waals surface area contributed by atoms with Crippen LogP contribution in [0.25, 0.3) is 0 Å². The lowest BCUT2D eigenvalue weighted by Gasteiger charge is -2.07. The van der Waals surface area contributed by atoms with Gasteiger partial charge >= 0.3 is 5.97 Å². The molecule has 0 aliphatic rings. The molecule has 0 saturated carbocycles. The molecule has 5 nitrogen and oxygen atoms in total. The minimum atomic E-state index is -0.550. The summed E-state index contributed by atoms with van der Waals surface area (Å²) in [5, 5.41) is 3.65. The first kappa shape index (κ1) is 19.1. The quantitative estimate of drug-likeness (QED) is 0.600. The Kier molecular flexibility index (Phi) is 6.33. The number of benzene rings is 1. The largest absolute Gasteiger partial charge is 0.462 e. The van der Waals surface area contributed by atoms with Gasteiger partial charge in [0.05, 0.1) is 23.5 Å². The van der Waals surface area contributed by atoms with Crippen LogP contribution in [-0.4, -0.2) is 24.3 Å². The molecule has 0 bridgehead atoms. The van der Waals surface area contributed by atoms with Crippen molar-refractivity contribution in [1.29, 1.82) is 0 Å². The molecule has 0 unspecified atom stereocenters. The van der Waals surface area contributed by atoms with E-state index in [0.717, 1.165) is 16.9 Å². The smallest absolute Gasteiger partial charge is 0.341 e. The summed E-state index contributed by atoms with van der Waals surface area (Å²) in [7, 11) is 0. The summed E-state index contributed by atoms with van der Waals surface area (Å²) in [4.78, 5) is 36.7. The highest BCUT2D eigenvalue weighted by molar-refractivity contribution is 7.18. The van der Waals surface area contributed by atoms with E-state index in [1.165, 1.54) is 6.92 Å². The van der Waals surface area contributed by atoms with E-state index in [1.807, 2.05) is 0 Å². The number of anilines is 1. The lowest BCUT2D eigenvalue weighted by Crippen LogP contribution is -2.16. The Balaban J connectivity index is 2.26. The second-order valence-electron chi connectivity index (χ2n) is 5.39. The summed E-state index contributed by atoms with van der Waals surface area (Å²) >= 11 is 6.92. The number of Topliss-reactive ketones (excluding diaryl/α,β-unsaturated/α-hetero) is 1. The van der Waals surface area contributed by atoms with E-state index in [1.54, 1.807) is 38.1 Å². The SMILES string of the molecule is CCOC(=O)c1c(NC(=O)Cc2ccc(Cl)cc2)sc(C(C)=O)c1C. The van der Waals surface area contributed by atoms with Gasteiger partial charge < -0.3 is 10.1 Å². The molecule has 0 fully saturated rings. The zero-order valence-electron chi connectivity index (χ0n) is 14.1. The maximum Gasteiger partial charge on any atom is 0.341 e. The van der Waals surface area contributed by atoms with Crippen LogP contribution in [0.5, 0.6) is 0 Å². The van der Waals surface area contributed by atoms with Crippen molar-refractivity contribution in [3.05, 3.63) is 50.9 Å². The van der Waals surface area contributed by atoms with Crippen LogP contribution in [0.2, 0.25) is 5.02 Å². The van der Waals surface area contributed by atoms with Crippen molar-refractivity contribution in [3.8, 4) is 0 Å². The number of thiophene rings is 1. The van der Waals surface area contributed by atoms with Gasteiger partial charge in [-0.15, -0.1) is 11.3 Å². The molecule has 0 aliphatic carbocycles. The van der Waals surface area contributed by atoms with Crippen molar-refractivity contribution >= 4 is 45.6 Å². The van der Waals surface area contributed by atoms with Gasteiger partial charge in [-0.05, 0) is 44.0 Å². The zero-order valence-corrected chi connectivity index (χ0v) is 15.7. The van der Waals surface area contributed by atoms with Gasteiger partial charge in [0.1, 0.15) is 5.00 Å². The molecule has 1 aromatic carbocycles. The predicted octanol–water partition coefficient (Wildman–Crippen LogP) is 4.27. The molecule has 2 rings (SSSR count).